The Morgan fingerprint density at radius 1 is 1.40 bits per heavy atom. The van der Waals surface area contributed by atoms with Crippen LogP contribution in [0, 0.1) is 17.0 Å². The average Bonchev–Trinajstić information content (AvgIpc) is 2.92. The molecule has 8 heteroatoms. The number of halogens is 1. The molecule has 2 heterocycles. The fourth-order valence-corrected chi connectivity index (χ4v) is 2.96. The highest BCUT2D eigenvalue weighted by molar-refractivity contribution is 6.33. The molecule has 1 aliphatic rings. The number of benzene rings is 1. The number of nitrogens with zero attached hydrogens (tertiary/aromatic N) is 3. The first-order valence-electron chi connectivity index (χ1n) is 7.85. The molecule has 7 nitrogen and oxygen atoms in total. The van der Waals surface area contributed by atoms with Crippen LogP contribution < -0.4 is 5.32 Å². The number of nitro groups is 1. The maximum absolute atomic E-state index is 12.6. The highest BCUT2D eigenvalue weighted by atomic mass is 35.5. The molecule has 1 unspecified atom stereocenters. The zero-order valence-corrected chi connectivity index (χ0v) is 14.4. The summed E-state index contributed by atoms with van der Waals surface area (Å²) >= 11 is 6.03. The number of rotatable bonds is 5. The van der Waals surface area contributed by atoms with Gasteiger partial charge in [-0.2, -0.15) is 0 Å². The summed E-state index contributed by atoms with van der Waals surface area (Å²) in [6.07, 6.45) is 1.75. The predicted molar refractivity (Wildman–Crippen MR) is 94.5 cm³/mol. The fourth-order valence-electron chi connectivity index (χ4n) is 2.74. The van der Waals surface area contributed by atoms with Crippen LogP contribution in [-0.4, -0.2) is 33.3 Å². The van der Waals surface area contributed by atoms with Gasteiger partial charge in [0.1, 0.15) is 18.1 Å². The van der Waals surface area contributed by atoms with E-state index in [2.05, 4.69) is 10.3 Å². The van der Waals surface area contributed by atoms with E-state index in [1.54, 1.807) is 4.90 Å². The van der Waals surface area contributed by atoms with E-state index < -0.39 is 11.0 Å². The van der Waals surface area contributed by atoms with E-state index in [0.29, 0.717) is 19.5 Å². The number of aromatic nitrogens is 1. The molecule has 3 rings (SSSR count). The van der Waals surface area contributed by atoms with E-state index in [0.717, 1.165) is 11.8 Å². The quantitative estimate of drug-likeness (QED) is 0.653. The Bertz CT molecular complexity index is 810. The van der Waals surface area contributed by atoms with Gasteiger partial charge in [0.15, 0.2) is 0 Å². The maximum atomic E-state index is 12.6. The van der Waals surface area contributed by atoms with Crippen LogP contribution in [0.5, 0.6) is 0 Å². The highest BCUT2D eigenvalue weighted by Gasteiger charge is 2.32. The van der Waals surface area contributed by atoms with Gasteiger partial charge in [0.25, 0.3) is 5.69 Å². The lowest BCUT2D eigenvalue weighted by molar-refractivity contribution is -0.385. The summed E-state index contributed by atoms with van der Waals surface area (Å²) in [6.45, 7) is 3.21. The molecule has 1 amide bonds. The van der Waals surface area contributed by atoms with Gasteiger partial charge in [-0.1, -0.05) is 41.4 Å². The first-order chi connectivity index (χ1) is 11.9. The average molecular weight is 361 g/mol. The van der Waals surface area contributed by atoms with Crippen LogP contribution in [0.4, 0.5) is 11.5 Å². The van der Waals surface area contributed by atoms with Crippen LogP contribution in [0.3, 0.4) is 0 Å². The van der Waals surface area contributed by atoms with E-state index >= 15 is 0 Å². The van der Waals surface area contributed by atoms with E-state index in [1.165, 1.54) is 11.6 Å². The second-order valence-corrected chi connectivity index (χ2v) is 6.42. The molecule has 1 aromatic carbocycles. The normalized spacial score (nSPS) is 17.0. The topological polar surface area (TPSA) is 88.4 Å². The van der Waals surface area contributed by atoms with Gasteiger partial charge in [0.2, 0.25) is 5.91 Å². The van der Waals surface area contributed by atoms with Gasteiger partial charge in [-0.15, -0.1) is 0 Å². The molecule has 1 fully saturated rings. The Hall–Kier alpha value is -2.67. The standard InChI is InChI=1S/C17H17ClN4O3/c1-11-2-4-12(5-3-11)10-21-7-6-15(17(21)23)20-16-14(18)8-13(9-19-16)22(24)25/h2-5,8-9,15H,6-7,10H2,1H3,(H,19,20). The van der Waals surface area contributed by atoms with Gasteiger partial charge in [0, 0.05) is 19.2 Å². The Labute approximate surface area is 149 Å². The highest BCUT2D eigenvalue weighted by Crippen LogP contribution is 2.26. The van der Waals surface area contributed by atoms with Crippen LogP contribution in [0.1, 0.15) is 17.5 Å². The van der Waals surface area contributed by atoms with Crippen molar-refractivity contribution in [2.24, 2.45) is 0 Å². The Balaban J connectivity index is 1.66. The summed E-state index contributed by atoms with van der Waals surface area (Å²) in [5.74, 6) is 0.250. The maximum Gasteiger partial charge on any atom is 0.289 e. The molecule has 0 radical (unpaired) electrons. The lowest BCUT2D eigenvalue weighted by Gasteiger charge is -2.18. The van der Waals surface area contributed by atoms with Crippen LogP contribution in [0.25, 0.3) is 0 Å². The number of hydrogen-bond acceptors (Lipinski definition) is 5. The van der Waals surface area contributed by atoms with E-state index in [9.17, 15) is 14.9 Å². The number of aryl methyl sites for hydroxylation is 1. The van der Waals surface area contributed by atoms with Crippen LogP contribution >= 0.6 is 11.6 Å². The minimum absolute atomic E-state index is 0.0307. The Morgan fingerprint density at radius 3 is 2.76 bits per heavy atom. The minimum Gasteiger partial charge on any atom is -0.357 e. The molecule has 0 aliphatic carbocycles. The van der Waals surface area contributed by atoms with E-state index in [-0.39, 0.29) is 22.4 Å². The van der Waals surface area contributed by atoms with Gasteiger partial charge in [0.05, 0.1) is 9.95 Å². The molecule has 1 atom stereocenters. The third-order valence-corrected chi connectivity index (χ3v) is 4.43. The van der Waals surface area contributed by atoms with E-state index in [4.69, 9.17) is 11.6 Å². The Morgan fingerprint density at radius 2 is 2.12 bits per heavy atom. The monoisotopic (exact) mass is 360 g/mol. The van der Waals surface area contributed by atoms with Gasteiger partial charge in [-0.25, -0.2) is 4.98 Å². The molecule has 0 saturated carbocycles. The van der Waals surface area contributed by atoms with Crippen molar-refractivity contribution in [2.45, 2.75) is 25.9 Å². The number of carbonyl (C=O) groups is 1. The van der Waals surface area contributed by atoms with Crippen LogP contribution in [0.15, 0.2) is 36.5 Å². The van der Waals surface area contributed by atoms with Gasteiger partial charge in [-0.3, -0.25) is 14.9 Å². The zero-order chi connectivity index (χ0) is 18.0. The smallest absolute Gasteiger partial charge is 0.289 e. The Kier molecular flexibility index (Phi) is 4.85. The lowest BCUT2D eigenvalue weighted by Crippen LogP contribution is -2.33. The summed E-state index contributed by atoms with van der Waals surface area (Å²) in [7, 11) is 0. The summed E-state index contributed by atoms with van der Waals surface area (Å²) in [5, 5.41) is 13.8. The molecular formula is C17H17ClN4O3. The molecule has 1 aliphatic heterocycles. The minimum atomic E-state index is -0.563. The van der Waals surface area contributed by atoms with Crippen molar-refractivity contribution in [1.29, 1.82) is 0 Å². The second-order valence-electron chi connectivity index (χ2n) is 6.01. The van der Waals surface area contributed by atoms with Gasteiger partial charge >= 0.3 is 0 Å². The molecule has 2 aromatic rings. The second kappa shape index (κ2) is 7.06. The largest absolute Gasteiger partial charge is 0.357 e. The van der Waals surface area contributed by atoms with Gasteiger partial charge in [-0.05, 0) is 18.9 Å². The number of pyridine rings is 1. The number of carbonyl (C=O) groups excluding carboxylic acids is 1. The summed E-state index contributed by atoms with van der Waals surface area (Å²) < 4.78 is 0. The third kappa shape index (κ3) is 3.88. The van der Waals surface area contributed by atoms with Crippen molar-refractivity contribution in [3.05, 3.63) is 62.8 Å². The van der Waals surface area contributed by atoms with Crippen molar-refractivity contribution < 1.29 is 9.72 Å². The summed E-state index contributed by atoms with van der Waals surface area (Å²) in [4.78, 5) is 28.5. The van der Waals surface area contributed by atoms with Crippen molar-refractivity contribution in [1.82, 2.24) is 9.88 Å². The van der Waals surface area contributed by atoms with Crippen molar-refractivity contribution in [3.63, 3.8) is 0 Å². The number of likely N-dealkylation sites (tertiary alicyclic amines) is 1. The van der Waals surface area contributed by atoms with Crippen molar-refractivity contribution in [2.75, 3.05) is 11.9 Å². The van der Waals surface area contributed by atoms with Crippen LogP contribution in [-0.2, 0) is 11.3 Å². The lowest BCUT2D eigenvalue weighted by atomic mass is 10.1. The number of nitrogens with one attached hydrogen (secondary N) is 1. The zero-order valence-electron chi connectivity index (χ0n) is 13.6. The summed E-state index contributed by atoms with van der Waals surface area (Å²) in [5.41, 5.74) is 2.07. The first-order valence-corrected chi connectivity index (χ1v) is 8.22. The number of anilines is 1. The molecule has 0 bridgehead atoms. The SMILES string of the molecule is Cc1ccc(CN2CCC(Nc3ncc([N+](=O)[O-])cc3Cl)C2=O)cc1. The predicted octanol–water partition coefficient (Wildman–Crippen LogP) is 3.16. The molecule has 1 N–H and O–H groups in total. The molecule has 1 aromatic heterocycles. The molecule has 130 valence electrons. The van der Waals surface area contributed by atoms with Gasteiger partial charge < -0.3 is 10.2 Å². The number of amides is 1. The van der Waals surface area contributed by atoms with Crippen LogP contribution in [0.2, 0.25) is 5.02 Å². The van der Waals surface area contributed by atoms with Crippen molar-refractivity contribution in [3.8, 4) is 0 Å². The number of hydrogen-bond donors (Lipinski definition) is 1. The van der Waals surface area contributed by atoms with Crippen molar-refractivity contribution >= 4 is 29.0 Å². The molecular weight excluding hydrogens is 344 g/mol. The summed E-state index contributed by atoms with van der Waals surface area (Å²) in [6, 6.07) is 8.85. The molecule has 1 saturated heterocycles. The third-order valence-electron chi connectivity index (χ3n) is 4.14. The molecule has 0 spiro atoms. The molecule has 25 heavy (non-hydrogen) atoms. The first kappa shape index (κ1) is 17.2. The fraction of sp³-hybridized carbons (Fsp3) is 0.294. The van der Waals surface area contributed by atoms with E-state index in [1.807, 2.05) is 31.2 Å².